The van der Waals surface area contributed by atoms with Gasteiger partial charge >= 0.3 is 0 Å². The van der Waals surface area contributed by atoms with Gasteiger partial charge in [0, 0.05) is 12.1 Å². The average Bonchev–Trinajstić information content (AvgIpc) is 3.16. The fourth-order valence-electron chi connectivity index (χ4n) is 2.85. The molecule has 0 aliphatic rings. The van der Waals surface area contributed by atoms with Crippen molar-refractivity contribution in [3.05, 3.63) is 81.9 Å². The van der Waals surface area contributed by atoms with Crippen LogP contribution in [0, 0.1) is 24.0 Å². The van der Waals surface area contributed by atoms with Crippen molar-refractivity contribution in [2.75, 3.05) is 0 Å². The van der Waals surface area contributed by atoms with Gasteiger partial charge in [-0.05, 0) is 30.5 Å². The lowest BCUT2D eigenvalue weighted by Gasteiger charge is -2.20. The molecule has 9 nitrogen and oxygen atoms in total. The highest BCUT2D eigenvalue weighted by Gasteiger charge is 2.26. The van der Waals surface area contributed by atoms with Crippen LogP contribution in [-0.4, -0.2) is 28.1 Å². The van der Waals surface area contributed by atoms with E-state index < -0.39 is 21.0 Å². The SMILES string of the molecule is Cc1cc([N+](=O)[O-])cc(S(=O)(=O)NC(Cn2cncn2)c2ccccc2)c1C. The zero-order chi connectivity index (χ0) is 20.3. The number of nitrogens with one attached hydrogen (secondary N) is 1. The van der Waals surface area contributed by atoms with Gasteiger partial charge in [0.1, 0.15) is 12.7 Å². The predicted octanol–water partition coefficient (Wildman–Crippen LogP) is 2.52. The Morgan fingerprint density at radius 3 is 2.54 bits per heavy atom. The van der Waals surface area contributed by atoms with Gasteiger partial charge in [0.05, 0.1) is 22.4 Å². The molecule has 10 heteroatoms. The zero-order valence-corrected chi connectivity index (χ0v) is 16.1. The number of hydrogen-bond acceptors (Lipinski definition) is 6. The van der Waals surface area contributed by atoms with Gasteiger partial charge in [-0.25, -0.2) is 18.1 Å². The molecular formula is C18H19N5O4S. The molecule has 146 valence electrons. The van der Waals surface area contributed by atoms with Gasteiger partial charge in [-0.3, -0.25) is 14.8 Å². The van der Waals surface area contributed by atoms with Crippen molar-refractivity contribution in [3.8, 4) is 0 Å². The highest BCUT2D eigenvalue weighted by Crippen LogP contribution is 2.27. The van der Waals surface area contributed by atoms with Crippen LogP contribution in [0.5, 0.6) is 0 Å². The number of sulfonamides is 1. The summed E-state index contributed by atoms with van der Waals surface area (Å²) in [5, 5.41) is 15.2. The van der Waals surface area contributed by atoms with Crippen molar-refractivity contribution < 1.29 is 13.3 Å². The molecule has 1 unspecified atom stereocenters. The number of nitrogens with zero attached hydrogens (tertiary/aromatic N) is 4. The van der Waals surface area contributed by atoms with E-state index in [1.54, 1.807) is 38.1 Å². The molecular weight excluding hydrogens is 382 g/mol. The van der Waals surface area contributed by atoms with Crippen LogP contribution in [0.25, 0.3) is 0 Å². The van der Waals surface area contributed by atoms with E-state index >= 15 is 0 Å². The number of nitro groups is 1. The Bertz CT molecular complexity index is 1080. The fraction of sp³-hybridized carbons (Fsp3) is 0.222. The van der Waals surface area contributed by atoms with Gasteiger partial charge in [0.15, 0.2) is 0 Å². The number of benzene rings is 2. The minimum atomic E-state index is -4.04. The molecule has 2 aromatic carbocycles. The first-order valence-corrected chi connectivity index (χ1v) is 9.91. The molecule has 0 spiro atoms. The standard InChI is InChI=1S/C18H19N5O4S/c1-13-8-16(23(24)25)9-18(14(13)2)28(26,27)21-17(10-22-12-19-11-20-22)15-6-4-3-5-7-15/h3-9,11-12,17,21H,10H2,1-2H3. The van der Waals surface area contributed by atoms with Crippen molar-refractivity contribution in [1.82, 2.24) is 19.5 Å². The van der Waals surface area contributed by atoms with Crippen molar-refractivity contribution in [3.63, 3.8) is 0 Å². The summed E-state index contributed by atoms with van der Waals surface area (Å²) in [7, 11) is -4.04. The Labute approximate surface area is 162 Å². The minimum absolute atomic E-state index is 0.112. The normalized spacial score (nSPS) is 12.6. The second kappa shape index (κ2) is 7.87. The van der Waals surface area contributed by atoms with Crippen LogP contribution < -0.4 is 4.72 Å². The molecule has 3 aromatic rings. The summed E-state index contributed by atoms with van der Waals surface area (Å²) in [5.41, 5.74) is 1.46. The highest BCUT2D eigenvalue weighted by molar-refractivity contribution is 7.89. The summed E-state index contributed by atoms with van der Waals surface area (Å²) < 4.78 is 30.4. The van der Waals surface area contributed by atoms with Crippen molar-refractivity contribution in [2.45, 2.75) is 31.3 Å². The maximum atomic E-state index is 13.1. The molecule has 0 bridgehead atoms. The Balaban J connectivity index is 2.01. The maximum Gasteiger partial charge on any atom is 0.271 e. The van der Waals surface area contributed by atoms with E-state index in [2.05, 4.69) is 14.8 Å². The van der Waals surface area contributed by atoms with Crippen LogP contribution in [-0.2, 0) is 16.6 Å². The van der Waals surface area contributed by atoms with Crippen molar-refractivity contribution in [1.29, 1.82) is 0 Å². The lowest BCUT2D eigenvalue weighted by atomic mass is 10.1. The molecule has 3 rings (SSSR count). The van der Waals surface area contributed by atoms with Gasteiger partial charge in [0.2, 0.25) is 10.0 Å². The smallest absolute Gasteiger partial charge is 0.258 e. The number of non-ortho nitro benzene ring substituents is 1. The molecule has 1 N–H and O–H groups in total. The fourth-order valence-corrected chi connectivity index (χ4v) is 4.41. The molecule has 0 aliphatic carbocycles. The number of aromatic nitrogens is 3. The van der Waals surface area contributed by atoms with Crippen LogP contribution in [0.2, 0.25) is 0 Å². The molecule has 0 aliphatic heterocycles. The predicted molar refractivity (Wildman–Crippen MR) is 102 cm³/mol. The van der Waals surface area contributed by atoms with Crippen LogP contribution in [0.4, 0.5) is 5.69 Å². The van der Waals surface area contributed by atoms with E-state index in [9.17, 15) is 18.5 Å². The molecule has 0 saturated carbocycles. The van der Waals surface area contributed by atoms with Crippen LogP contribution in [0.3, 0.4) is 0 Å². The van der Waals surface area contributed by atoms with E-state index in [1.165, 1.54) is 23.4 Å². The molecule has 0 saturated heterocycles. The molecule has 0 radical (unpaired) electrons. The minimum Gasteiger partial charge on any atom is -0.258 e. The topological polar surface area (TPSA) is 120 Å². The lowest BCUT2D eigenvalue weighted by Crippen LogP contribution is -2.32. The molecule has 1 atom stereocenters. The van der Waals surface area contributed by atoms with E-state index in [0.717, 1.165) is 11.6 Å². The number of hydrogen-bond donors (Lipinski definition) is 1. The monoisotopic (exact) mass is 401 g/mol. The van der Waals surface area contributed by atoms with Crippen LogP contribution >= 0.6 is 0 Å². The second-order valence-electron chi connectivity index (χ2n) is 6.34. The molecule has 1 heterocycles. The Morgan fingerprint density at radius 2 is 1.93 bits per heavy atom. The summed E-state index contributed by atoms with van der Waals surface area (Å²) in [6, 6.07) is 10.9. The first-order valence-electron chi connectivity index (χ1n) is 8.43. The average molecular weight is 401 g/mol. The number of aryl methyl sites for hydroxylation is 1. The van der Waals surface area contributed by atoms with Gasteiger partial charge in [-0.1, -0.05) is 30.3 Å². The lowest BCUT2D eigenvalue weighted by molar-refractivity contribution is -0.385. The largest absolute Gasteiger partial charge is 0.271 e. The summed E-state index contributed by atoms with van der Waals surface area (Å²) in [6.07, 6.45) is 2.86. The van der Waals surface area contributed by atoms with Crippen LogP contribution in [0.15, 0.2) is 60.0 Å². The highest BCUT2D eigenvalue weighted by atomic mass is 32.2. The first-order chi connectivity index (χ1) is 13.3. The third-order valence-corrected chi connectivity index (χ3v) is 6.04. The van der Waals surface area contributed by atoms with Crippen LogP contribution in [0.1, 0.15) is 22.7 Å². The van der Waals surface area contributed by atoms with Gasteiger partial charge in [-0.15, -0.1) is 0 Å². The van der Waals surface area contributed by atoms with Gasteiger partial charge in [0.25, 0.3) is 5.69 Å². The molecule has 0 fully saturated rings. The maximum absolute atomic E-state index is 13.1. The van der Waals surface area contributed by atoms with E-state index in [-0.39, 0.29) is 17.1 Å². The Morgan fingerprint density at radius 1 is 1.21 bits per heavy atom. The van der Waals surface area contributed by atoms with E-state index in [0.29, 0.717) is 11.1 Å². The Kier molecular flexibility index (Phi) is 5.52. The van der Waals surface area contributed by atoms with E-state index in [1.807, 2.05) is 6.07 Å². The summed E-state index contributed by atoms with van der Waals surface area (Å²) in [5.74, 6) is 0. The summed E-state index contributed by atoms with van der Waals surface area (Å²) in [4.78, 5) is 14.3. The Hall–Kier alpha value is -3.11. The summed E-state index contributed by atoms with van der Waals surface area (Å²) in [6.45, 7) is 3.49. The molecule has 0 amide bonds. The zero-order valence-electron chi connectivity index (χ0n) is 15.3. The number of nitro benzene ring substituents is 1. The third-order valence-electron chi connectivity index (χ3n) is 4.44. The van der Waals surface area contributed by atoms with Crippen molar-refractivity contribution in [2.24, 2.45) is 0 Å². The first kappa shape index (κ1) is 19.6. The molecule has 28 heavy (non-hydrogen) atoms. The van der Waals surface area contributed by atoms with Gasteiger partial charge in [-0.2, -0.15) is 5.10 Å². The van der Waals surface area contributed by atoms with Crippen molar-refractivity contribution >= 4 is 15.7 Å². The number of rotatable bonds is 7. The third kappa shape index (κ3) is 4.24. The quantitative estimate of drug-likeness (QED) is 0.480. The van der Waals surface area contributed by atoms with Gasteiger partial charge < -0.3 is 0 Å². The summed E-state index contributed by atoms with van der Waals surface area (Å²) >= 11 is 0. The molecule has 1 aromatic heterocycles. The van der Waals surface area contributed by atoms with E-state index in [4.69, 9.17) is 0 Å². The second-order valence-corrected chi connectivity index (χ2v) is 8.03.